The number of fused-ring (bicyclic) bond motifs is 2. The fraction of sp³-hybridized carbons (Fsp3) is 0.267. The van der Waals surface area contributed by atoms with E-state index in [1.54, 1.807) is 18.3 Å². The summed E-state index contributed by atoms with van der Waals surface area (Å²) in [7, 11) is 0. The Balaban J connectivity index is 0.854. The SMILES string of the molecule is Nc1ncccc1-c1nc2ccc(-c3ccccc3)nc2n1-c1ccc(C2(NCC3CCN(c4cccc5c4C(=O)N(N4CCC(=O)NC4=O)C5=O)CC3)CCC2)cc1. The third-order valence-corrected chi connectivity index (χ3v) is 12.4. The van der Waals surface area contributed by atoms with Crippen LogP contribution < -0.4 is 21.3 Å². The molecule has 14 nitrogen and oxygen atoms in total. The predicted molar refractivity (Wildman–Crippen MR) is 222 cm³/mol. The Kier molecular flexibility index (Phi) is 8.93. The zero-order valence-corrected chi connectivity index (χ0v) is 32.3. The van der Waals surface area contributed by atoms with Crippen LogP contribution in [0.3, 0.4) is 0 Å². The number of pyridine rings is 2. The summed E-state index contributed by atoms with van der Waals surface area (Å²) in [5.41, 5.74) is 13.9. The Bertz CT molecular complexity index is 2650. The van der Waals surface area contributed by atoms with E-state index < -0.39 is 23.8 Å². The Labute approximate surface area is 340 Å². The average Bonchev–Trinajstić information content (AvgIpc) is 3.75. The molecule has 2 saturated heterocycles. The van der Waals surface area contributed by atoms with Crippen molar-refractivity contribution >= 4 is 46.4 Å². The Morgan fingerprint density at radius 2 is 1.58 bits per heavy atom. The summed E-state index contributed by atoms with van der Waals surface area (Å²) < 4.78 is 2.07. The first-order valence-electron chi connectivity index (χ1n) is 20.2. The average molecular weight is 787 g/mol. The van der Waals surface area contributed by atoms with Crippen molar-refractivity contribution in [1.29, 1.82) is 0 Å². The fourth-order valence-corrected chi connectivity index (χ4v) is 8.99. The van der Waals surface area contributed by atoms with Gasteiger partial charge >= 0.3 is 6.03 Å². The van der Waals surface area contributed by atoms with Gasteiger partial charge in [0.25, 0.3) is 11.8 Å². The number of nitrogen functional groups attached to an aromatic ring is 1. The first-order chi connectivity index (χ1) is 28.8. The molecule has 14 heteroatoms. The third kappa shape index (κ3) is 6.27. The summed E-state index contributed by atoms with van der Waals surface area (Å²) in [6.07, 6.45) is 6.77. The molecule has 6 aromatic rings. The number of anilines is 2. The van der Waals surface area contributed by atoms with Crippen molar-refractivity contribution < 1.29 is 19.2 Å². The van der Waals surface area contributed by atoms with Crippen LogP contribution in [-0.4, -0.2) is 79.5 Å². The molecule has 10 rings (SSSR count). The van der Waals surface area contributed by atoms with E-state index in [0.717, 1.165) is 95.4 Å². The summed E-state index contributed by atoms with van der Waals surface area (Å²) in [6.45, 7) is 2.29. The van der Waals surface area contributed by atoms with E-state index in [1.807, 2.05) is 48.5 Å². The number of imide groups is 2. The molecular weight excluding hydrogens is 745 g/mol. The van der Waals surface area contributed by atoms with Crippen LogP contribution in [0.1, 0.15) is 64.8 Å². The van der Waals surface area contributed by atoms with Crippen LogP contribution in [0.15, 0.2) is 103 Å². The predicted octanol–water partition coefficient (Wildman–Crippen LogP) is 6.07. The quantitative estimate of drug-likeness (QED) is 0.146. The highest BCUT2D eigenvalue weighted by Crippen LogP contribution is 2.43. The second-order valence-electron chi connectivity index (χ2n) is 15.8. The van der Waals surface area contributed by atoms with Crippen LogP contribution >= 0.6 is 0 Å². The number of hydrazine groups is 1. The van der Waals surface area contributed by atoms with Crippen LogP contribution in [0.2, 0.25) is 0 Å². The van der Waals surface area contributed by atoms with Crippen molar-refractivity contribution in [2.45, 2.75) is 44.1 Å². The molecule has 3 aliphatic heterocycles. The van der Waals surface area contributed by atoms with Crippen molar-refractivity contribution in [3.8, 4) is 28.3 Å². The number of piperidine rings is 1. The number of amides is 5. The van der Waals surface area contributed by atoms with Gasteiger partial charge in [-0.1, -0.05) is 48.5 Å². The molecule has 4 N–H and O–H groups in total. The first kappa shape index (κ1) is 36.4. The summed E-state index contributed by atoms with van der Waals surface area (Å²) >= 11 is 0. The molecule has 0 radical (unpaired) electrons. The van der Waals surface area contributed by atoms with Gasteiger partial charge in [0.1, 0.15) is 11.3 Å². The number of hydrogen-bond acceptors (Lipinski definition) is 10. The minimum absolute atomic E-state index is 0.0146. The van der Waals surface area contributed by atoms with Crippen LogP contribution in [-0.2, 0) is 10.3 Å². The lowest BCUT2D eigenvalue weighted by molar-refractivity contribution is -0.122. The minimum Gasteiger partial charge on any atom is -0.383 e. The largest absolute Gasteiger partial charge is 0.383 e. The van der Waals surface area contributed by atoms with Crippen LogP contribution in [0.5, 0.6) is 0 Å². The van der Waals surface area contributed by atoms with Crippen molar-refractivity contribution in [3.63, 3.8) is 0 Å². The highest BCUT2D eigenvalue weighted by Gasteiger charge is 2.45. The van der Waals surface area contributed by atoms with Gasteiger partial charge in [0.2, 0.25) is 5.91 Å². The lowest BCUT2D eigenvalue weighted by atomic mass is 9.71. The molecule has 3 fully saturated rings. The molecule has 1 aliphatic carbocycles. The number of nitrogens with one attached hydrogen (secondary N) is 2. The number of carbonyl (C=O) groups is 4. The van der Waals surface area contributed by atoms with Crippen LogP contribution in [0.4, 0.5) is 16.3 Å². The lowest BCUT2D eigenvalue weighted by Gasteiger charge is -2.45. The lowest BCUT2D eigenvalue weighted by Crippen LogP contribution is -2.58. The van der Waals surface area contributed by atoms with Crippen molar-refractivity contribution in [2.24, 2.45) is 5.92 Å². The number of hydrogen-bond donors (Lipinski definition) is 3. The topological polar surface area (TPSA) is 172 Å². The molecule has 5 amide bonds. The van der Waals surface area contributed by atoms with Gasteiger partial charge in [-0.25, -0.2) is 24.8 Å². The number of imidazole rings is 1. The number of aromatic nitrogens is 4. The molecule has 0 unspecified atom stereocenters. The Hall–Kier alpha value is -6.93. The number of urea groups is 1. The second kappa shape index (κ2) is 14.5. The van der Waals surface area contributed by atoms with Gasteiger partial charge in [-0.3, -0.25) is 24.3 Å². The molecule has 3 aromatic heterocycles. The molecule has 3 aromatic carbocycles. The van der Waals surface area contributed by atoms with Gasteiger partial charge in [0, 0.05) is 42.5 Å². The summed E-state index contributed by atoms with van der Waals surface area (Å²) in [5.74, 6) is -0.0194. The number of rotatable bonds is 9. The molecular formula is C45H42N10O4. The fourth-order valence-electron chi connectivity index (χ4n) is 8.99. The second-order valence-corrected chi connectivity index (χ2v) is 15.8. The molecule has 6 heterocycles. The van der Waals surface area contributed by atoms with Gasteiger partial charge in [-0.05, 0) is 98.7 Å². The smallest absolute Gasteiger partial charge is 0.343 e. The van der Waals surface area contributed by atoms with E-state index in [9.17, 15) is 19.2 Å². The van der Waals surface area contributed by atoms with E-state index in [2.05, 4.69) is 61.5 Å². The minimum atomic E-state index is -0.770. The molecule has 296 valence electrons. The molecule has 0 spiro atoms. The number of carbonyl (C=O) groups excluding carboxylic acids is 4. The van der Waals surface area contributed by atoms with E-state index in [0.29, 0.717) is 28.8 Å². The maximum absolute atomic E-state index is 13.7. The monoisotopic (exact) mass is 786 g/mol. The zero-order valence-electron chi connectivity index (χ0n) is 32.3. The summed E-state index contributed by atoms with van der Waals surface area (Å²) in [6, 6.07) is 31.2. The van der Waals surface area contributed by atoms with Gasteiger partial charge in [0.15, 0.2) is 11.5 Å². The van der Waals surface area contributed by atoms with Gasteiger partial charge in [-0.15, -0.1) is 0 Å². The zero-order chi connectivity index (χ0) is 40.3. The van der Waals surface area contributed by atoms with Gasteiger partial charge in [-0.2, -0.15) is 5.01 Å². The van der Waals surface area contributed by atoms with Gasteiger partial charge in [0.05, 0.1) is 34.6 Å². The highest BCUT2D eigenvalue weighted by molar-refractivity contribution is 6.24. The van der Waals surface area contributed by atoms with E-state index >= 15 is 0 Å². The van der Waals surface area contributed by atoms with Crippen LogP contribution in [0.25, 0.3) is 39.5 Å². The molecule has 1 saturated carbocycles. The van der Waals surface area contributed by atoms with Crippen molar-refractivity contribution in [2.75, 3.05) is 36.8 Å². The molecule has 4 aliphatic rings. The van der Waals surface area contributed by atoms with E-state index in [1.165, 1.54) is 5.56 Å². The molecule has 0 bridgehead atoms. The van der Waals surface area contributed by atoms with Crippen molar-refractivity contribution in [3.05, 3.63) is 120 Å². The maximum atomic E-state index is 13.7. The van der Waals surface area contributed by atoms with Gasteiger partial charge < -0.3 is 16.0 Å². The molecule has 59 heavy (non-hydrogen) atoms. The van der Waals surface area contributed by atoms with E-state index in [-0.39, 0.29) is 24.1 Å². The van der Waals surface area contributed by atoms with E-state index in [4.69, 9.17) is 15.7 Å². The number of nitrogens with two attached hydrogens (primary N) is 1. The Morgan fingerprint density at radius 3 is 2.31 bits per heavy atom. The van der Waals surface area contributed by atoms with Crippen molar-refractivity contribution in [1.82, 2.24) is 40.2 Å². The Morgan fingerprint density at radius 1 is 0.797 bits per heavy atom. The van der Waals surface area contributed by atoms with Crippen LogP contribution in [0, 0.1) is 5.92 Å². The maximum Gasteiger partial charge on any atom is 0.343 e. The third-order valence-electron chi connectivity index (χ3n) is 12.4. The summed E-state index contributed by atoms with van der Waals surface area (Å²) in [5, 5.41) is 8.10. The number of benzene rings is 3. The standard InChI is InChI=1S/C45H42N10O4/c46-39-33(10-5-23-47-39)40-50-35-17-16-34(29-7-2-1-3-8-29)49-41(35)54(40)31-14-12-30(13-15-31)45(21-6-22-45)48-27-28-18-24-52(25-19-28)36-11-4-9-32-38(36)43(58)55(42(32)57)53-26-20-37(56)51-44(53)59/h1-5,7-17,23,28,48H,6,18-22,24-27H2,(H2,46,47)(H,51,56,59). The summed E-state index contributed by atoms with van der Waals surface area (Å²) in [4.78, 5) is 68.0. The molecule has 0 atom stereocenters. The normalized spacial score (nSPS) is 18.0. The highest BCUT2D eigenvalue weighted by atomic mass is 16.2. The number of nitrogens with zero attached hydrogens (tertiary/aromatic N) is 7. The first-order valence-corrected chi connectivity index (χ1v) is 20.2.